The summed E-state index contributed by atoms with van der Waals surface area (Å²) < 4.78 is 10.8. The summed E-state index contributed by atoms with van der Waals surface area (Å²) >= 11 is 0. The zero-order chi connectivity index (χ0) is 16.8. The molecule has 1 rings (SSSR count). The number of benzene rings is 1. The van der Waals surface area contributed by atoms with Crippen molar-refractivity contribution in [3.8, 4) is 5.75 Å². The number of esters is 1. The van der Waals surface area contributed by atoms with Crippen LogP contribution in [0.3, 0.4) is 0 Å². The van der Waals surface area contributed by atoms with E-state index >= 15 is 0 Å². The van der Waals surface area contributed by atoms with Gasteiger partial charge in [0.15, 0.2) is 0 Å². The average Bonchev–Trinajstić information content (AvgIpc) is 2.56. The standard InChI is InChI=1S/C19H30O4/c1-2-3-4-7-14-22-15-8-5-6-9-16-23-19(21)17-10-12-18(20)13-11-17/h10-13,20H,2-9,14-16H2,1H3. The average molecular weight is 322 g/mol. The molecule has 0 radical (unpaired) electrons. The van der Waals surface area contributed by atoms with Gasteiger partial charge in [-0.25, -0.2) is 4.79 Å². The van der Waals surface area contributed by atoms with E-state index in [1.165, 1.54) is 37.8 Å². The highest BCUT2D eigenvalue weighted by atomic mass is 16.5. The lowest BCUT2D eigenvalue weighted by Gasteiger charge is -2.06. The van der Waals surface area contributed by atoms with Gasteiger partial charge < -0.3 is 14.6 Å². The van der Waals surface area contributed by atoms with Crippen LogP contribution in [0, 0.1) is 0 Å². The molecular formula is C19H30O4. The van der Waals surface area contributed by atoms with Crippen molar-refractivity contribution in [2.75, 3.05) is 19.8 Å². The van der Waals surface area contributed by atoms with E-state index < -0.39 is 0 Å². The summed E-state index contributed by atoms with van der Waals surface area (Å²) in [6.07, 6.45) is 9.08. The minimum Gasteiger partial charge on any atom is -0.508 e. The Labute approximate surface area is 139 Å². The van der Waals surface area contributed by atoms with Crippen molar-refractivity contribution in [2.24, 2.45) is 0 Å². The highest BCUT2D eigenvalue weighted by Gasteiger charge is 2.06. The van der Waals surface area contributed by atoms with Crippen molar-refractivity contribution in [3.05, 3.63) is 29.8 Å². The predicted octanol–water partition coefficient (Wildman–Crippen LogP) is 4.71. The fraction of sp³-hybridized carbons (Fsp3) is 0.632. The van der Waals surface area contributed by atoms with E-state index in [9.17, 15) is 4.79 Å². The molecule has 0 amide bonds. The number of phenolic OH excluding ortho intramolecular Hbond substituents is 1. The van der Waals surface area contributed by atoms with Gasteiger partial charge in [-0.1, -0.05) is 32.6 Å². The van der Waals surface area contributed by atoms with Crippen LogP contribution in [-0.4, -0.2) is 30.9 Å². The van der Waals surface area contributed by atoms with E-state index in [1.807, 2.05) is 0 Å². The normalized spacial score (nSPS) is 10.7. The highest BCUT2D eigenvalue weighted by molar-refractivity contribution is 5.89. The summed E-state index contributed by atoms with van der Waals surface area (Å²) in [5, 5.41) is 9.16. The number of hydrogen-bond acceptors (Lipinski definition) is 4. The maximum atomic E-state index is 11.7. The molecule has 0 fully saturated rings. The zero-order valence-electron chi connectivity index (χ0n) is 14.3. The molecule has 0 aromatic heterocycles. The summed E-state index contributed by atoms with van der Waals surface area (Å²) in [7, 11) is 0. The van der Waals surface area contributed by atoms with E-state index in [1.54, 1.807) is 12.1 Å². The number of ether oxygens (including phenoxy) is 2. The number of carbonyl (C=O) groups excluding carboxylic acids is 1. The number of carbonyl (C=O) groups is 1. The van der Waals surface area contributed by atoms with E-state index in [0.717, 1.165) is 38.9 Å². The summed E-state index contributed by atoms with van der Waals surface area (Å²) in [6.45, 7) is 4.37. The molecule has 23 heavy (non-hydrogen) atoms. The van der Waals surface area contributed by atoms with Crippen LogP contribution in [0.2, 0.25) is 0 Å². The van der Waals surface area contributed by atoms with Crippen LogP contribution in [0.4, 0.5) is 0 Å². The molecule has 0 aliphatic rings. The van der Waals surface area contributed by atoms with Gasteiger partial charge in [-0.15, -0.1) is 0 Å². The third-order valence-electron chi connectivity index (χ3n) is 3.66. The van der Waals surface area contributed by atoms with Crippen LogP contribution in [0.15, 0.2) is 24.3 Å². The van der Waals surface area contributed by atoms with Gasteiger partial charge in [0, 0.05) is 13.2 Å². The van der Waals surface area contributed by atoms with Gasteiger partial charge >= 0.3 is 5.97 Å². The monoisotopic (exact) mass is 322 g/mol. The minimum absolute atomic E-state index is 0.147. The molecule has 0 bridgehead atoms. The van der Waals surface area contributed by atoms with Crippen molar-refractivity contribution in [3.63, 3.8) is 0 Å². The number of rotatable bonds is 13. The Morgan fingerprint density at radius 2 is 1.43 bits per heavy atom. The largest absolute Gasteiger partial charge is 0.508 e. The Balaban J connectivity index is 1.89. The van der Waals surface area contributed by atoms with Crippen LogP contribution in [0.25, 0.3) is 0 Å². The van der Waals surface area contributed by atoms with E-state index in [0.29, 0.717) is 12.2 Å². The lowest BCUT2D eigenvalue weighted by Crippen LogP contribution is -2.06. The van der Waals surface area contributed by atoms with Crippen molar-refractivity contribution >= 4 is 5.97 Å². The van der Waals surface area contributed by atoms with Crippen LogP contribution >= 0.6 is 0 Å². The Hall–Kier alpha value is -1.55. The van der Waals surface area contributed by atoms with Gasteiger partial charge in [-0.3, -0.25) is 0 Å². The van der Waals surface area contributed by atoms with E-state index in [4.69, 9.17) is 14.6 Å². The van der Waals surface area contributed by atoms with E-state index in [2.05, 4.69) is 6.92 Å². The maximum absolute atomic E-state index is 11.7. The van der Waals surface area contributed by atoms with Crippen molar-refractivity contribution < 1.29 is 19.4 Å². The summed E-state index contributed by atoms with van der Waals surface area (Å²) in [5.41, 5.74) is 0.472. The maximum Gasteiger partial charge on any atom is 0.338 e. The Kier molecular flexibility index (Phi) is 11.0. The van der Waals surface area contributed by atoms with Crippen molar-refractivity contribution in [2.45, 2.75) is 58.3 Å². The molecule has 130 valence electrons. The molecule has 0 aliphatic heterocycles. The first-order chi connectivity index (χ1) is 11.2. The molecule has 0 unspecified atom stereocenters. The van der Waals surface area contributed by atoms with Gasteiger partial charge in [0.05, 0.1) is 12.2 Å². The Morgan fingerprint density at radius 3 is 2.04 bits per heavy atom. The third-order valence-corrected chi connectivity index (χ3v) is 3.66. The van der Waals surface area contributed by atoms with Gasteiger partial charge in [0.1, 0.15) is 5.75 Å². The lowest BCUT2D eigenvalue weighted by molar-refractivity contribution is 0.0496. The van der Waals surface area contributed by atoms with Crippen molar-refractivity contribution in [1.29, 1.82) is 0 Å². The molecule has 1 aromatic carbocycles. The number of phenols is 1. The zero-order valence-corrected chi connectivity index (χ0v) is 14.3. The molecule has 1 aromatic rings. The SMILES string of the molecule is CCCCCCOCCCCCCOC(=O)c1ccc(O)cc1. The molecule has 0 aliphatic carbocycles. The summed E-state index contributed by atoms with van der Waals surface area (Å²) in [5.74, 6) is -0.186. The van der Waals surface area contributed by atoms with Crippen molar-refractivity contribution in [1.82, 2.24) is 0 Å². The smallest absolute Gasteiger partial charge is 0.338 e. The number of aromatic hydroxyl groups is 1. The second kappa shape index (κ2) is 12.9. The molecule has 4 nitrogen and oxygen atoms in total. The molecule has 4 heteroatoms. The molecule has 0 saturated carbocycles. The van der Waals surface area contributed by atoms with Crippen LogP contribution < -0.4 is 0 Å². The second-order valence-corrected chi connectivity index (χ2v) is 5.77. The Morgan fingerprint density at radius 1 is 0.870 bits per heavy atom. The molecule has 0 spiro atoms. The fourth-order valence-corrected chi connectivity index (χ4v) is 2.24. The van der Waals surface area contributed by atoms with Gasteiger partial charge in [0.25, 0.3) is 0 Å². The van der Waals surface area contributed by atoms with Crippen LogP contribution in [-0.2, 0) is 9.47 Å². The topological polar surface area (TPSA) is 55.8 Å². The predicted molar refractivity (Wildman–Crippen MR) is 91.8 cm³/mol. The summed E-state index contributed by atoms with van der Waals surface area (Å²) in [6, 6.07) is 6.10. The van der Waals surface area contributed by atoms with Crippen LogP contribution in [0.5, 0.6) is 5.75 Å². The lowest BCUT2D eigenvalue weighted by atomic mass is 10.2. The van der Waals surface area contributed by atoms with Gasteiger partial charge in [-0.2, -0.15) is 0 Å². The Bertz CT molecular complexity index is 414. The summed E-state index contributed by atoms with van der Waals surface area (Å²) in [4.78, 5) is 11.7. The molecule has 0 heterocycles. The minimum atomic E-state index is -0.333. The van der Waals surface area contributed by atoms with Gasteiger partial charge in [-0.05, 0) is 49.9 Å². The second-order valence-electron chi connectivity index (χ2n) is 5.77. The molecule has 1 N–H and O–H groups in total. The van der Waals surface area contributed by atoms with E-state index in [-0.39, 0.29) is 11.7 Å². The van der Waals surface area contributed by atoms with Gasteiger partial charge in [0.2, 0.25) is 0 Å². The molecule has 0 atom stereocenters. The first-order valence-corrected chi connectivity index (χ1v) is 8.78. The fourth-order valence-electron chi connectivity index (χ4n) is 2.24. The first kappa shape index (κ1) is 19.5. The molecule has 0 saturated heterocycles. The highest BCUT2D eigenvalue weighted by Crippen LogP contribution is 2.11. The third kappa shape index (κ3) is 9.95. The number of hydrogen-bond donors (Lipinski definition) is 1. The first-order valence-electron chi connectivity index (χ1n) is 8.78. The molecular weight excluding hydrogens is 292 g/mol. The van der Waals surface area contributed by atoms with Crippen LogP contribution in [0.1, 0.15) is 68.6 Å². The number of unbranched alkanes of at least 4 members (excludes halogenated alkanes) is 6. The quantitative estimate of drug-likeness (QED) is 0.422.